The molecule has 1 saturated carbocycles. The molecular weight excluding hydrogens is 336 g/mol. The molecule has 0 spiro atoms. The molecule has 6 nitrogen and oxygen atoms in total. The Balaban J connectivity index is 1.79. The van der Waals surface area contributed by atoms with Gasteiger partial charge in [-0.3, -0.25) is 4.79 Å². The van der Waals surface area contributed by atoms with Crippen molar-refractivity contribution in [1.29, 1.82) is 0 Å². The van der Waals surface area contributed by atoms with Crippen molar-refractivity contribution >= 4 is 38.6 Å². The number of amides is 1. The number of rotatable bonds is 3. The fourth-order valence-corrected chi connectivity index (χ4v) is 3.36. The first-order valence-electron chi connectivity index (χ1n) is 6.95. The third-order valence-corrected chi connectivity index (χ3v) is 4.65. The normalized spacial score (nSPS) is 17.2. The van der Waals surface area contributed by atoms with Gasteiger partial charge in [0.05, 0.1) is 16.7 Å². The summed E-state index contributed by atoms with van der Waals surface area (Å²) in [6.07, 6.45) is 4.28. The predicted molar refractivity (Wildman–Crippen MR) is 85.3 cm³/mol. The number of benzene rings is 1. The van der Waals surface area contributed by atoms with Crippen LogP contribution in [0.4, 0.5) is 5.69 Å². The highest BCUT2D eigenvalue weighted by molar-refractivity contribution is 9.10. The minimum Gasteiger partial charge on any atom is -0.325 e. The standard InChI is InChI=1S/C14H17BrN4O2/c15-8-5-10-11(19-13(21)18-10)6-9(8)17-12(20)7-14(16)3-1-2-4-14/h5-6H,1-4,7,16H2,(H,17,20)(H2,18,19,21). The molecule has 2 aromatic rings. The van der Waals surface area contributed by atoms with Crippen molar-refractivity contribution < 1.29 is 4.79 Å². The number of hydrogen-bond acceptors (Lipinski definition) is 3. The third kappa shape index (κ3) is 3.03. The van der Waals surface area contributed by atoms with Gasteiger partial charge in [0.25, 0.3) is 0 Å². The van der Waals surface area contributed by atoms with E-state index in [9.17, 15) is 9.59 Å². The van der Waals surface area contributed by atoms with E-state index in [0.717, 1.165) is 30.2 Å². The molecule has 1 aliphatic rings. The molecule has 0 aliphatic heterocycles. The summed E-state index contributed by atoms with van der Waals surface area (Å²) in [5.41, 5.74) is 7.55. The summed E-state index contributed by atoms with van der Waals surface area (Å²) in [5, 5.41) is 2.86. The van der Waals surface area contributed by atoms with E-state index in [0.29, 0.717) is 23.1 Å². The first-order chi connectivity index (χ1) is 9.95. The second-order valence-electron chi connectivity index (χ2n) is 5.75. The summed E-state index contributed by atoms with van der Waals surface area (Å²) in [5.74, 6) is -0.0997. The average molecular weight is 353 g/mol. The largest absolute Gasteiger partial charge is 0.325 e. The van der Waals surface area contributed by atoms with Crippen LogP contribution in [0.5, 0.6) is 0 Å². The van der Waals surface area contributed by atoms with Gasteiger partial charge in [-0.15, -0.1) is 0 Å². The van der Waals surface area contributed by atoms with Gasteiger partial charge in [0.15, 0.2) is 0 Å². The number of imidazole rings is 1. The molecule has 1 aromatic carbocycles. The van der Waals surface area contributed by atoms with Gasteiger partial charge >= 0.3 is 5.69 Å². The van der Waals surface area contributed by atoms with Crippen LogP contribution in [-0.2, 0) is 4.79 Å². The fraction of sp³-hybridized carbons (Fsp3) is 0.429. The van der Waals surface area contributed by atoms with Crippen LogP contribution >= 0.6 is 15.9 Å². The first-order valence-corrected chi connectivity index (χ1v) is 7.75. The van der Waals surface area contributed by atoms with Gasteiger partial charge in [-0.2, -0.15) is 0 Å². The van der Waals surface area contributed by atoms with Crippen LogP contribution in [0.2, 0.25) is 0 Å². The molecule has 3 rings (SSSR count). The molecule has 0 saturated heterocycles. The lowest BCUT2D eigenvalue weighted by Crippen LogP contribution is -2.40. The van der Waals surface area contributed by atoms with E-state index in [1.54, 1.807) is 12.1 Å². The molecule has 1 aliphatic carbocycles. The summed E-state index contributed by atoms with van der Waals surface area (Å²) in [7, 11) is 0. The van der Waals surface area contributed by atoms with Crippen molar-refractivity contribution in [1.82, 2.24) is 9.97 Å². The molecule has 1 aromatic heterocycles. The number of carbonyl (C=O) groups is 1. The lowest BCUT2D eigenvalue weighted by Gasteiger charge is -2.22. The van der Waals surface area contributed by atoms with Crippen molar-refractivity contribution in [3.8, 4) is 0 Å². The Bertz CT molecular complexity index is 743. The number of hydrogen-bond donors (Lipinski definition) is 4. The minimum absolute atomic E-state index is 0.0997. The van der Waals surface area contributed by atoms with Crippen LogP contribution in [0.3, 0.4) is 0 Å². The molecule has 21 heavy (non-hydrogen) atoms. The van der Waals surface area contributed by atoms with E-state index in [4.69, 9.17) is 5.73 Å². The van der Waals surface area contributed by atoms with E-state index in [-0.39, 0.29) is 17.1 Å². The number of fused-ring (bicyclic) bond motifs is 1. The predicted octanol–water partition coefficient (Wildman–Crippen LogP) is 2.22. The summed E-state index contributed by atoms with van der Waals surface area (Å²) in [4.78, 5) is 28.8. The summed E-state index contributed by atoms with van der Waals surface area (Å²) >= 11 is 3.40. The van der Waals surface area contributed by atoms with Gasteiger partial charge in [-0.1, -0.05) is 12.8 Å². The molecule has 112 valence electrons. The topological polar surface area (TPSA) is 104 Å². The molecular formula is C14H17BrN4O2. The molecule has 1 amide bonds. The van der Waals surface area contributed by atoms with Gasteiger partial charge < -0.3 is 21.0 Å². The molecule has 1 heterocycles. The number of aromatic amines is 2. The first kappa shape index (κ1) is 14.3. The fourth-order valence-electron chi connectivity index (χ4n) is 2.92. The monoisotopic (exact) mass is 352 g/mol. The highest BCUT2D eigenvalue weighted by Gasteiger charge is 2.31. The Morgan fingerprint density at radius 3 is 2.57 bits per heavy atom. The van der Waals surface area contributed by atoms with Gasteiger partial charge in [-0.25, -0.2) is 4.79 Å². The van der Waals surface area contributed by atoms with Crippen molar-refractivity contribution in [2.24, 2.45) is 5.73 Å². The SMILES string of the molecule is NC1(CC(=O)Nc2cc3[nH]c(=O)[nH]c3cc2Br)CCCC1. The third-order valence-electron chi connectivity index (χ3n) is 3.99. The van der Waals surface area contributed by atoms with Crippen molar-refractivity contribution in [2.45, 2.75) is 37.6 Å². The van der Waals surface area contributed by atoms with E-state index in [2.05, 4.69) is 31.2 Å². The lowest BCUT2D eigenvalue weighted by molar-refractivity contribution is -0.117. The van der Waals surface area contributed by atoms with Crippen LogP contribution in [0.1, 0.15) is 32.1 Å². The van der Waals surface area contributed by atoms with Gasteiger partial charge in [0.2, 0.25) is 5.91 Å². The molecule has 0 atom stereocenters. The van der Waals surface area contributed by atoms with Crippen LogP contribution in [0.25, 0.3) is 11.0 Å². The van der Waals surface area contributed by atoms with Crippen LogP contribution in [-0.4, -0.2) is 21.4 Å². The molecule has 7 heteroatoms. The van der Waals surface area contributed by atoms with Gasteiger partial charge in [0.1, 0.15) is 0 Å². The molecule has 0 unspecified atom stereocenters. The summed E-state index contributed by atoms with van der Waals surface area (Å²) in [6.45, 7) is 0. The number of nitrogens with two attached hydrogens (primary N) is 1. The average Bonchev–Trinajstić information content (AvgIpc) is 2.95. The number of halogens is 1. The smallest absolute Gasteiger partial charge is 0.323 e. The number of nitrogens with one attached hydrogen (secondary N) is 3. The lowest BCUT2D eigenvalue weighted by atomic mass is 9.94. The van der Waals surface area contributed by atoms with E-state index in [1.807, 2.05) is 0 Å². The Kier molecular flexibility index (Phi) is 3.62. The van der Waals surface area contributed by atoms with Crippen LogP contribution in [0.15, 0.2) is 21.4 Å². The number of anilines is 1. The second-order valence-corrected chi connectivity index (χ2v) is 6.61. The van der Waals surface area contributed by atoms with E-state index >= 15 is 0 Å². The van der Waals surface area contributed by atoms with Gasteiger partial charge in [-0.05, 0) is 40.9 Å². The zero-order chi connectivity index (χ0) is 15.0. The van der Waals surface area contributed by atoms with E-state index in [1.165, 1.54) is 0 Å². The van der Waals surface area contributed by atoms with Crippen molar-refractivity contribution in [2.75, 3.05) is 5.32 Å². The number of aromatic nitrogens is 2. The van der Waals surface area contributed by atoms with Crippen molar-refractivity contribution in [3.05, 3.63) is 27.1 Å². The summed E-state index contributed by atoms with van der Waals surface area (Å²) < 4.78 is 0.719. The van der Waals surface area contributed by atoms with Crippen LogP contribution in [0, 0.1) is 0 Å². The Morgan fingerprint density at radius 1 is 1.29 bits per heavy atom. The highest BCUT2D eigenvalue weighted by atomic mass is 79.9. The number of H-pyrrole nitrogens is 2. The maximum atomic E-state index is 12.2. The zero-order valence-corrected chi connectivity index (χ0v) is 13.0. The van der Waals surface area contributed by atoms with Gasteiger partial charge in [0, 0.05) is 16.4 Å². The Morgan fingerprint density at radius 2 is 1.90 bits per heavy atom. The Labute approximate surface area is 129 Å². The molecule has 5 N–H and O–H groups in total. The molecule has 1 fully saturated rings. The van der Waals surface area contributed by atoms with Crippen LogP contribution < -0.4 is 16.7 Å². The Hall–Kier alpha value is -1.60. The molecule has 0 bridgehead atoms. The minimum atomic E-state index is -0.372. The zero-order valence-electron chi connectivity index (χ0n) is 11.5. The molecule has 0 radical (unpaired) electrons. The van der Waals surface area contributed by atoms with E-state index < -0.39 is 0 Å². The maximum Gasteiger partial charge on any atom is 0.323 e. The maximum absolute atomic E-state index is 12.2. The highest BCUT2D eigenvalue weighted by Crippen LogP contribution is 2.31. The second kappa shape index (κ2) is 5.31. The van der Waals surface area contributed by atoms with Crippen molar-refractivity contribution in [3.63, 3.8) is 0 Å². The summed E-state index contributed by atoms with van der Waals surface area (Å²) in [6, 6.07) is 3.49. The quantitative estimate of drug-likeness (QED) is 0.680. The number of carbonyl (C=O) groups excluding carboxylic acids is 1.